The van der Waals surface area contributed by atoms with Crippen molar-refractivity contribution >= 4 is 11.1 Å². The summed E-state index contributed by atoms with van der Waals surface area (Å²) in [5, 5.41) is 21.2. The second kappa shape index (κ2) is 11.2. The average molecular weight is 411 g/mol. The Hall–Kier alpha value is -2.30. The quantitative estimate of drug-likeness (QED) is 0.491. The van der Waals surface area contributed by atoms with E-state index in [1.54, 1.807) is 12.1 Å². The van der Waals surface area contributed by atoms with Crippen LogP contribution in [0.25, 0.3) is 11.1 Å². The lowest BCUT2D eigenvalue weighted by Gasteiger charge is -2.24. The van der Waals surface area contributed by atoms with E-state index in [9.17, 15) is 10.2 Å². The van der Waals surface area contributed by atoms with Gasteiger partial charge in [-0.1, -0.05) is 52.0 Å². The van der Waals surface area contributed by atoms with Gasteiger partial charge >= 0.3 is 0 Å². The number of benzene rings is 2. The fourth-order valence-corrected chi connectivity index (χ4v) is 3.93. The van der Waals surface area contributed by atoms with Crippen LogP contribution in [0.15, 0.2) is 36.4 Å². The molecule has 4 nitrogen and oxygen atoms in total. The number of rotatable bonds is 10. The first kappa shape index (κ1) is 24.0. The summed E-state index contributed by atoms with van der Waals surface area (Å²) in [5.41, 5.74) is 6.30. The molecule has 0 radical (unpaired) electrons. The molecule has 30 heavy (non-hydrogen) atoms. The van der Waals surface area contributed by atoms with Crippen molar-refractivity contribution in [3.63, 3.8) is 0 Å². The lowest BCUT2D eigenvalue weighted by Crippen LogP contribution is -2.23. The zero-order valence-corrected chi connectivity index (χ0v) is 19.5. The van der Waals surface area contributed by atoms with Gasteiger partial charge in [0.15, 0.2) is 0 Å². The highest BCUT2D eigenvalue weighted by molar-refractivity contribution is 5.91. The van der Waals surface area contributed by atoms with E-state index < -0.39 is 0 Å². The molecule has 2 N–H and O–H groups in total. The number of nitrogens with zero attached hydrogens (tertiary/aromatic N) is 2. The third kappa shape index (κ3) is 5.44. The van der Waals surface area contributed by atoms with E-state index in [0.29, 0.717) is 24.6 Å². The third-order valence-corrected chi connectivity index (χ3v) is 6.23. The Kier molecular flexibility index (Phi) is 8.94. The summed E-state index contributed by atoms with van der Waals surface area (Å²) in [5.74, 6) is 0.677. The van der Waals surface area contributed by atoms with Gasteiger partial charge in [0, 0.05) is 24.2 Å². The predicted octanol–water partition coefficient (Wildman–Crippen LogP) is 5.73. The Morgan fingerprint density at radius 1 is 0.633 bits per heavy atom. The van der Waals surface area contributed by atoms with E-state index in [1.165, 1.54) is 0 Å². The van der Waals surface area contributed by atoms with Crippen molar-refractivity contribution in [1.29, 1.82) is 0 Å². The molecule has 0 saturated carbocycles. The molecule has 0 bridgehead atoms. The summed E-state index contributed by atoms with van der Waals surface area (Å²) < 4.78 is 0. The molecule has 0 unspecified atom stereocenters. The van der Waals surface area contributed by atoms with Gasteiger partial charge in [-0.05, 0) is 74.4 Å². The molecular weight excluding hydrogens is 372 g/mol. The lowest BCUT2D eigenvalue weighted by molar-refractivity contribution is 0.290. The predicted molar refractivity (Wildman–Crippen MR) is 128 cm³/mol. The van der Waals surface area contributed by atoms with Crippen LogP contribution in [0.3, 0.4) is 0 Å². The third-order valence-electron chi connectivity index (χ3n) is 6.23. The molecule has 0 heterocycles. The molecule has 0 spiro atoms. The van der Waals surface area contributed by atoms with Gasteiger partial charge in [-0.15, -0.1) is 0 Å². The molecule has 0 amide bonds. The van der Waals surface area contributed by atoms with Crippen molar-refractivity contribution in [2.45, 2.75) is 54.6 Å². The maximum atomic E-state index is 10.6. The van der Waals surface area contributed by atoms with Gasteiger partial charge in [-0.3, -0.25) is 9.80 Å². The molecule has 2 rings (SSSR count). The highest BCUT2D eigenvalue weighted by atomic mass is 16.3. The summed E-state index contributed by atoms with van der Waals surface area (Å²) >= 11 is 0. The van der Waals surface area contributed by atoms with E-state index in [-0.39, 0.29) is 0 Å². The first-order chi connectivity index (χ1) is 14.4. The number of aromatic hydroxyl groups is 2. The van der Waals surface area contributed by atoms with Crippen LogP contribution in [0.2, 0.25) is 0 Å². The molecule has 0 aliphatic heterocycles. The topological polar surface area (TPSA) is 46.9 Å². The number of hydrogen-bond donors (Lipinski definition) is 2. The molecule has 164 valence electrons. The number of phenolic OH excluding ortho intramolecular Hbond substituents is 2. The molecule has 2 aromatic carbocycles. The fourth-order valence-electron chi connectivity index (χ4n) is 3.93. The normalized spacial score (nSPS) is 12.5. The van der Waals surface area contributed by atoms with Crippen molar-refractivity contribution < 1.29 is 10.2 Å². The van der Waals surface area contributed by atoms with Crippen molar-refractivity contribution in [3.8, 4) is 11.5 Å². The Morgan fingerprint density at radius 2 is 0.967 bits per heavy atom. The SMILES string of the molecule is CCN(CC)Cc1c(O)cccc1C(C)=C(C)c1cccc(O)c1CN(CC)CC. The molecule has 0 aliphatic rings. The molecule has 0 saturated heterocycles. The van der Waals surface area contributed by atoms with Crippen LogP contribution in [-0.2, 0) is 13.1 Å². The number of phenols is 2. The van der Waals surface area contributed by atoms with Gasteiger partial charge in [0.25, 0.3) is 0 Å². The van der Waals surface area contributed by atoms with Gasteiger partial charge in [0.2, 0.25) is 0 Å². The molecule has 0 aliphatic carbocycles. The van der Waals surface area contributed by atoms with E-state index in [1.807, 2.05) is 12.1 Å². The van der Waals surface area contributed by atoms with E-state index in [2.05, 4.69) is 63.5 Å². The summed E-state index contributed by atoms with van der Waals surface area (Å²) in [4.78, 5) is 4.61. The van der Waals surface area contributed by atoms with Crippen molar-refractivity contribution in [2.75, 3.05) is 26.2 Å². The van der Waals surface area contributed by atoms with E-state index in [4.69, 9.17) is 0 Å². The summed E-state index contributed by atoms with van der Waals surface area (Å²) in [7, 11) is 0. The first-order valence-corrected chi connectivity index (χ1v) is 11.1. The van der Waals surface area contributed by atoms with Gasteiger partial charge < -0.3 is 10.2 Å². The summed E-state index contributed by atoms with van der Waals surface area (Å²) in [6.07, 6.45) is 0. The summed E-state index contributed by atoms with van der Waals surface area (Å²) in [6, 6.07) is 11.5. The largest absolute Gasteiger partial charge is 0.508 e. The highest BCUT2D eigenvalue weighted by Crippen LogP contribution is 2.36. The van der Waals surface area contributed by atoms with Crippen molar-refractivity contribution in [2.24, 2.45) is 0 Å². The fraction of sp³-hybridized carbons (Fsp3) is 0.462. The van der Waals surface area contributed by atoms with Gasteiger partial charge in [-0.25, -0.2) is 0 Å². The number of hydrogen-bond acceptors (Lipinski definition) is 4. The van der Waals surface area contributed by atoms with Gasteiger partial charge in [0.1, 0.15) is 11.5 Å². The lowest BCUT2D eigenvalue weighted by atomic mass is 9.90. The van der Waals surface area contributed by atoms with E-state index >= 15 is 0 Å². The second-order valence-corrected chi connectivity index (χ2v) is 7.78. The Morgan fingerprint density at radius 3 is 1.27 bits per heavy atom. The highest BCUT2D eigenvalue weighted by Gasteiger charge is 2.17. The van der Waals surface area contributed by atoms with Crippen molar-refractivity contribution in [1.82, 2.24) is 9.80 Å². The molecular formula is C26H38N2O2. The van der Waals surface area contributed by atoms with Crippen LogP contribution in [0, 0.1) is 0 Å². The van der Waals surface area contributed by atoms with Crippen LogP contribution in [0.4, 0.5) is 0 Å². The maximum absolute atomic E-state index is 10.6. The molecule has 4 heteroatoms. The average Bonchev–Trinajstić information content (AvgIpc) is 2.76. The molecule has 0 aromatic heterocycles. The van der Waals surface area contributed by atoms with Crippen molar-refractivity contribution in [3.05, 3.63) is 58.7 Å². The first-order valence-electron chi connectivity index (χ1n) is 11.1. The van der Waals surface area contributed by atoms with Crippen LogP contribution in [-0.4, -0.2) is 46.2 Å². The van der Waals surface area contributed by atoms with Crippen LogP contribution >= 0.6 is 0 Å². The maximum Gasteiger partial charge on any atom is 0.120 e. The summed E-state index contributed by atoms with van der Waals surface area (Å²) in [6.45, 7) is 18.0. The molecule has 2 aromatic rings. The van der Waals surface area contributed by atoms with Gasteiger partial charge in [-0.2, -0.15) is 0 Å². The molecule has 0 fully saturated rings. The standard InChI is InChI=1S/C26H38N2O2/c1-7-27(8-2)17-23-21(13-11-15-25(23)29)19(5)20(6)22-14-12-16-26(30)24(22)18-28(9-3)10-4/h11-16,29-30H,7-10,17-18H2,1-6H3. The minimum atomic E-state index is 0.339. The number of allylic oxidation sites excluding steroid dienone is 2. The Labute approximate surface area is 182 Å². The Balaban J connectivity index is 2.58. The van der Waals surface area contributed by atoms with E-state index in [0.717, 1.165) is 59.6 Å². The van der Waals surface area contributed by atoms with Crippen LogP contribution in [0.5, 0.6) is 11.5 Å². The second-order valence-electron chi connectivity index (χ2n) is 7.78. The Bertz CT molecular complexity index is 794. The monoisotopic (exact) mass is 410 g/mol. The van der Waals surface area contributed by atoms with Crippen LogP contribution < -0.4 is 0 Å². The molecule has 0 atom stereocenters. The minimum Gasteiger partial charge on any atom is -0.508 e. The zero-order chi connectivity index (χ0) is 22.3. The van der Waals surface area contributed by atoms with Gasteiger partial charge in [0.05, 0.1) is 0 Å². The zero-order valence-electron chi connectivity index (χ0n) is 19.5. The smallest absolute Gasteiger partial charge is 0.120 e. The minimum absolute atomic E-state index is 0.339. The van der Waals surface area contributed by atoms with Crippen LogP contribution in [0.1, 0.15) is 63.8 Å².